The van der Waals surface area contributed by atoms with Gasteiger partial charge in [-0.3, -0.25) is 4.79 Å². The normalized spacial score (nSPS) is 12.9. The van der Waals surface area contributed by atoms with Crippen LogP contribution in [0.2, 0.25) is 0 Å². The molecule has 0 bridgehead atoms. The molecule has 4 nitrogen and oxygen atoms in total. The Bertz CT molecular complexity index is 712. The van der Waals surface area contributed by atoms with E-state index < -0.39 is 12.1 Å². The third-order valence-electron chi connectivity index (χ3n) is 4.19. The number of aryl methyl sites for hydroxylation is 1. The Morgan fingerprint density at radius 2 is 1.80 bits per heavy atom. The summed E-state index contributed by atoms with van der Waals surface area (Å²) < 4.78 is 5.27. The van der Waals surface area contributed by atoms with Crippen molar-refractivity contribution in [1.82, 2.24) is 5.32 Å². The smallest absolute Gasteiger partial charge is 0.338 e. The van der Waals surface area contributed by atoms with E-state index in [1.54, 1.807) is 25.1 Å². The first-order valence-electron chi connectivity index (χ1n) is 8.61. The van der Waals surface area contributed by atoms with Gasteiger partial charge in [0.1, 0.15) is 0 Å². The minimum Gasteiger partial charge on any atom is -0.449 e. The van der Waals surface area contributed by atoms with Gasteiger partial charge in [-0.05, 0) is 38.0 Å². The highest BCUT2D eigenvalue weighted by Crippen LogP contribution is 2.18. The fourth-order valence-corrected chi connectivity index (χ4v) is 2.64. The van der Waals surface area contributed by atoms with Crippen molar-refractivity contribution >= 4 is 11.9 Å². The zero-order chi connectivity index (χ0) is 18.2. The molecule has 0 spiro atoms. The first-order valence-corrected chi connectivity index (χ1v) is 8.61. The SMILES string of the molecule is CC[C@@H](CNC(=O)[C@@H](C)OC(=O)c1cccc(C)c1)c1ccccc1. The van der Waals surface area contributed by atoms with Gasteiger partial charge < -0.3 is 10.1 Å². The van der Waals surface area contributed by atoms with E-state index in [9.17, 15) is 9.59 Å². The summed E-state index contributed by atoms with van der Waals surface area (Å²) in [7, 11) is 0. The summed E-state index contributed by atoms with van der Waals surface area (Å²) in [4.78, 5) is 24.4. The van der Waals surface area contributed by atoms with Gasteiger partial charge in [0.05, 0.1) is 5.56 Å². The van der Waals surface area contributed by atoms with Gasteiger partial charge >= 0.3 is 5.97 Å². The third kappa shape index (κ3) is 5.45. The van der Waals surface area contributed by atoms with E-state index in [4.69, 9.17) is 4.74 Å². The number of carbonyl (C=O) groups excluding carboxylic acids is 2. The molecule has 0 aromatic heterocycles. The predicted molar refractivity (Wildman–Crippen MR) is 98.5 cm³/mol. The number of carbonyl (C=O) groups is 2. The number of esters is 1. The van der Waals surface area contributed by atoms with Crippen molar-refractivity contribution in [1.29, 1.82) is 0 Å². The van der Waals surface area contributed by atoms with Crippen molar-refractivity contribution in [3.63, 3.8) is 0 Å². The molecular weight excluding hydrogens is 314 g/mol. The van der Waals surface area contributed by atoms with Gasteiger partial charge in [-0.2, -0.15) is 0 Å². The maximum absolute atomic E-state index is 12.2. The van der Waals surface area contributed by atoms with Crippen molar-refractivity contribution in [3.05, 3.63) is 71.3 Å². The maximum atomic E-state index is 12.2. The predicted octanol–water partition coefficient (Wildman–Crippen LogP) is 3.85. The summed E-state index contributed by atoms with van der Waals surface area (Å²) in [6, 6.07) is 17.2. The second-order valence-electron chi connectivity index (χ2n) is 6.18. The average Bonchev–Trinajstić information content (AvgIpc) is 2.62. The van der Waals surface area contributed by atoms with Crippen molar-refractivity contribution in [3.8, 4) is 0 Å². The number of ether oxygens (including phenoxy) is 1. The van der Waals surface area contributed by atoms with Crippen LogP contribution in [0.25, 0.3) is 0 Å². The Morgan fingerprint density at radius 3 is 2.44 bits per heavy atom. The van der Waals surface area contributed by atoms with Crippen LogP contribution >= 0.6 is 0 Å². The van der Waals surface area contributed by atoms with Gasteiger partial charge in [-0.15, -0.1) is 0 Å². The average molecular weight is 339 g/mol. The second kappa shape index (κ2) is 9.02. The molecule has 0 saturated heterocycles. The molecule has 25 heavy (non-hydrogen) atoms. The van der Waals surface area contributed by atoms with E-state index >= 15 is 0 Å². The summed E-state index contributed by atoms with van der Waals surface area (Å²) in [5.74, 6) is -0.526. The molecule has 0 aliphatic rings. The Balaban J connectivity index is 1.88. The summed E-state index contributed by atoms with van der Waals surface area (Å²) in [5.41, 5.74) is 2.62. The molecule has 0 aliphatic carbocycles. The van der Waals surface area contributed by atoms with Crippen LogP contribution in [0, 0.1) is 6.92 Å². The molecule has 1 N–H and O–H groups in total. The maximum Gasteiger partial charge on any atom is 0.338 e. The third-order valence-corrected chi connectivity index (χ3v) is 4.19. The largest absolute Gasteiger partial charge is 0.449 e. The van der Waals surface area contributed by atoms with Crippen molar-refractivity contribution in [2.45, 2.75) is 39.2 Å². The fraction of sp³-hybridized carbons (Fsp3) is 0.333. The minimum atomic E-state index is -0.832. The molecule has 4 heteroatoms. The molecule has 0 heterocycles. The van der Waals surface area contributed by atoms with Crippen LogP contribution < -0.4 is 5.32 Å². The lowest BCUT2D eigenvalue weighted by Gasteiger charge is -2.18. The lowest BCUT2D eigenvalue weighted by Crippen LogP contribution is -2.38. The van der Waals surface area contributed by atoms with Crippen molar-refractivity contribution < 1.29 is 14.3 Å². The molecule has 0 saturated carbocycles. The molecule has 1 amide bonds. The Labute approximate surface area is 149 Å². The van der Waals surface area contributed by atoms with Crippen LogP contribution in [-0.2, 0) is 9.53 Å². The number of hydrogen-bond acceptors (Lipinski definition) is 3. The summed E-state index contributed by atoms with van der Waals surface area (Å²) >= 11 is 0. The van der Waals surface area contributed by atoms with E-state index in [-0.39, 0.29) is 11.8 Å². The number of rotatable bonds is 7. The van der Waals surface area contributed by atoms with Crippen LogP contribution in [0.1, 0.15) is 47.7 Å². The minimum absolute atomic E-state index is 0.241. The second-order valence-corrected chi connectivity index (χ2v) is 6.18. The molecule has 2 rings (SSSR count). The quantitative estimate of drug-likeness (QED) is 0.780. The fourth-order valence-electron chi connectivity index (χ4n) is 2.64. The Morgan fingerprint density at radius 1 is 1.08 bits per heavy atom. The molecule has 0 fully saturated rings. The summed E-state index contributed by atoms with van der Waals surface area (Å²) in [6.45, 7) is 6.10. The lowest BCUT2D eigenvalue weighted by atomic mass is 9.96. The molecule has 2 atom stereocenters. The monoisotopic (exact) mass is 339 g/mol. The van der Waals surface area contributed by atoms with Crippen LogP contribution in [0.5, 0.6) is 0 Å². The summed E-state index contributed by atoms with van der Waals surface area (Å²) in [5, 5.41) is 2.88. The first kappa shape index (κ1) is 18.7. The number of benzene rings is 2. The molecule has 2 aromatic carbocycles. The topological polar surface area (TPSA) is 55.4 Å². The molecule has 0 radical (unpaired) electrons. The summed E-state index contributed by atoms with van der Waals surface area (Å²) in [6.07, 6.45) is 0.0863. The number of amides is 1. The van der Waals surface area contributed by atoms with Gasteiger partial charge in [0.15, 0.2) is 6.10 Å². The highest BCUT2D eigenvalue weighted by atomic mass is 16.5. The van der Waals surface area contributed by atoms with Crippen LogP contribution in [0.3, 0.4) is 0 Å². The van der Waals surface area contributed by atoms with Gasteiger partial charge in [-0.25, -0.2) is 4.79 Å². The number of hydrogen-bond donors (Lipinski definition) is 1. The lowest BCUT2D eigenvalue weighted by molar-refractivity contribution is -0.129. The zero-order valence-corrected chi connectivity index (χ0v) is 15.0. The number of nitrogens with one attached hydrogen (secondary N) is 1. The molecule has 132 valence electrons. The zero-order valence-electron chi connectivity index (χ0n) is 15.0. The van der Waals surface area contributed by atoms with Gasteiger partial charge in [0.2, 0.25) is 0 Å². The van der Waals surface area contributed by atoms with Gasteiger partial charge in [0, 0.05) is 12.5 Å². The Hall–Kier alpha value is -2.62. The van der Waals surface area contributed by atoms with E-state index in [0.717, 1.165) is 12.0 Å². The highest BCUT2D eigenvalue weighted by molar-refractivity contribution is 5.92. The molecule has 0 unspecified atom stereocenters. The van der Waals surface area contributed by atoms with Crippen LogP contribution in [0.15, 0.2) is 54.6 Å². The van der Waals surface area contributed by atoms with Gasteiger partial charge in [0.25, 0.3) is 5.91 Å². The van der Waals surface area contributed by atoms with E-state index in [1.165, 1.54) is 5.56 Å². The first-order chi connectivity index (χ1) is 12.0. The van der Waals surface area contributed by atoms with Crippen molar-refractivity contribution in [2.24, 2.45) is 0 Å². The molecule has 0 aliphatic heterocycles. The van der Waals surface area contributed by atoms with Crippen molar-refractivity contribution in [2.75, 3.05) is 6.54 Å². The van der Waals surface area contributed by atoms with Gasteiger partial charge in [-0.1, -0.05) is 55.0 Å². The van der Waals surface area contributed by atoms with Crippen LogP contribution in [-0.4, -0.2) is 24.5 Å². The van der Waals surface area contributed by atoms with E-state index in [0.29, 0.717) is 12.1 Å². The van der Waals surface area contributed by atoms with E-state index in [2.05, 4.69) is 24.4 Å². The Kier molecular flexibility index (Phi) is 6.75. The standard InChI is InChI=1S/C21H25NO3/c1-4-17(18-10-6-5-7-11-18)14-22-20(23)16(3)25-21(24)19-12-8-9-15(2)13-19/h5-13,16-17H,4,14H2,1-3H3,(H,22,23)/t16-,17+/m1/s1. The van der Waals surface area contributed by atoms with E-state index in [1.807, 2.05) is 31.2 Å². The highest BCUT2D eigenvalue weighted by Gasteiger charge is 2.20. The van der Waals surface area contributed by atoms with Crippen LogP contribution in [0.4, 0.5) is 0 Å². The molecular formula is C21H25NO3. The molecule has 2 aromatic rings.